The van der Waals surface area contributed by atoms with E-state index in [1.807, 2.05) is 0 Å². The molecule has 3 N–H and O–H groups in total. The molecule has 0 aromatic carbocycles. The van der Waals surface area contributed by atoms with Gasteiger partial charge in [-0.3, -0.25) is 0 Å². The predicted molar refractivity (Wildman–Crippen MR) is 81.2 cm³/mol. The van der Waals surface area contributed by atoms with Gasteiger partial charge in [-0.2, -0.15) is 0 Å². The first-order chi connectivity index (χ1) is 9.65. The standard InChI is InChI=1S/C8H13NO.C6H15N.CHNO/c1-7-2-4-8(5-3-7)9-6-10;1-2-3-4-5-6-7;2-1-3/h7-8H,2-5H2,1H3;2-7H2,1H3;2H/t7-,8-;;. The van der Waals surface area contributed by atoms with Gasteiger partial charge in [0.1, 0.15) is 0 Å². The first kappa shape index (κ1) is 21.0. The number of hydrogen-bond acceptors (Lipinski definition) is 5. The van der Waals surface area contributed by atoms with Gasteiger partial charge >= 0.3 is 0 Å². The third-order valence-corrected chi connectivity index (χ3v) is 3.28. The number of nitrogens with one attached hydrogen (secondary N) is 1. The van der Waals surface area contributed by atoms with E-state index >= 15 is 0 Å². The van der Waals surface area contributed by atoms with Gasteiger partial charge in [-0.15, -0.1) is 0 Å². The lowest BCUT2D eigenvalue weighted by molar-refractivity contribution is 0.348. The van der Waals surface area contributed by atoms with Crippen molar-refractivity contribution in [2.24, 2.45) is 16.6 Å². The van der Waals surface area contributed by atoms with Crippen LogP contribution in [0.3, 0.4) is 0 Å². The van der Waals surface area contributed by atoms with Crippen molar-refractivity contribution in [1.29, 1.82) is 5.41 Å². The van der Waals surface area contributed by atoms with Crippen molar-refractivity contribution >= 4 is 12.2 Å². The third-order valence-electron chi connectivity index (χ3n) is 3.28. The van der Waals surface area contributed by atoms with Crippen molar-refractivity contribution < 1.29 is 9.59 Å². The van der Waals surface area contributed by atoms with Gasteiger partial charge in [0, 0.05) is 0 Å². The van der Waals surface area contributed by atoms with E-state index in [9.17, 15) is 4.79 Å². The maximum Gasteiger partial charge on any atom is 0.235 e. The number of rotatable bonds is 5. The summed E-state index contributed by atoms with van der Waals surface area (Å²) < 4.78 is 0. The maximum absolute atomic E-state index is 9.86. The van der Waals surface area contributed by atoms with Gasteiger partial charge in [0.2, 0.25) is 12.2 Å². The van der Waals surface area contributed by atoms with Gasteiger partial charge in [0.15, 0.2) is 0 Å². The number of isocyanates is 2. The average Bonchev–Trinajstić information content (AvgIpc) is 2.44. The Morgan fingerprint density at radius 1 is 1.15 bits per heavy atom. The molecule has 5 nitrogen and oxygen atoms in total. The predicted octanol–water partition coefficient (Wildman–Crippen LogP) is 3.33. The van der Waals surface area contributed by atoms with Crippen molar-refractivity contribution in [1.82, 2.24) is 0 Å². The highest BCUT2D eigenvalue weighted by Gasteiger charge is 2.16. The summed E-state index contributed by atoms with van der Waals surface area (Å²) in [6.45, 7) is 5.32. The molecule has 1 fully saturated rings. The minimum absolute atomic E-state index is 0.286. The monoisotopic (exact) mass is 283 g/mol. The molecule has 0 heterocycles. The highest BCUT2D eigenvalue weighted by atomic mass is 16.1. The van der Waals surface area contributed by atoms with E-state index in [-0.39, 0.29) is 6.04 Å². The molecule has 20 heavy (non-hydrogen) atoms. The molecule has 5 heteroatoms. The second-order valence-corrected chi connectivity index (χ2v) is 5.09. The second-order valence-electron chi connectivity index (χ2n) is 5.09. The van der Waals surface area contributed by atoms with Crippen LogP contribution in [0.15, 0.2) is 4.99 Å². The topological polar surface area (TPSA) is 96.4 Å². The molecule has 0 aromatic rings. The highest BCUT2D eigenvalue weighted by molar-refractivity contribution is 5.33. The van der Waals surface area contributed by atoms with E-state index in [0.717, 1.165) is 31.4 Å². The summed E-state index contributed by atoms with van der Waals surface area (Å²) in [4.78, 5) is 21.9. The fourth-order valence-corrected chi connectivity index (χ4v) is 2.02. The van der Waals surface area contributed by atoms with Gasteiger partial charge in [-0.05, 0) is 44.6 Å². The molecule has 1 aliphatic carbocycles. The fourth-order valence-electron chi connectivity index (χ4n) is 2.02. The van der Waals surface area contributed by atoms with Crippen LogP contribution in [0.2, 0.25) is 0 Å². The van der Waals surface area contributed by atoms with Crippen molar-refractivity contribution in [3.05, 3.63) is 0 Å². The molecule has 0 radical (unpaired) electrons. The van der Waals surface area contributed by atoms with E-state index in [0.29, 0.717) is 0 Å². The van der Waals surface area contributed by atoms with Crippen LogP contribution in [-0.2, 0) is 9.59 Å². The molecule has 0 spiro atoms. The fraction of sp³-hybridized carbons (Fsp3) is 0.867. The maximum atomic E-state index is 9.86. The summed E-state index contributed by atoms with van der Waals surface area (Å²) in [5.41, 5.74) is 5.27. The normalized spacial score (nSPS) is 20.1. The van der Waals surface area contributed by atoms with Crippen molar-refractivity contribution in [3.8, 4) is 0 Å². The van der Waals surface area contributed by atoms with Crippen LogP contribution in [0.4, 0.5) is 0 Å². The lowest BCUT2D eigenvalue weighted by Gasteiger charge is -2.21. The molecule has 0 amide bonds. The van der Waals surface area contributed by atoms with Gasteiger partial charge < -0.3 is 5.73 Å². The van der Waals surface area contributed by atoms with Gasteiger partial charge in [-0.1, -0.05) is 33.1 Å². The van der Waals surface area contributed by atoms with E-state index in [2.05, 4.69) is 18.8 Å². The highest BCUT2D eigenvalue weighted by Crippen LogP contribution is 2.24. The van der Waals surface area contributed by atoms with Crippen LogP contribution in [0.5, 0.6) is 0 Å². The summed E-state index contributed by atoms with van der Waals surface area (Å²) in [7, 11) is 0. The van der Waals surface area contributed by atoms with E-state index in [4.69, 9.17) is 15.9 Å². The number of nitrogens with two attached hydrogens (primary N) is 1. The molecular weight excluding hydrogens is 254 g/mol. The van der Waals surface area contributed by atoms with Crippen LogP contribution < -0.4 is 5.73 Å². The number of nitrogens with zero attached hydrogens (tertiary/aromatic N) is 1. The zero-order valence-electron chi connectivity index (χ0n) is 12.9. The third kappa shape index (κ3) is 16.7. The van der Waals surface area contributed by atoms with Crippen molar-refractivity contribution in [3.63, 3.8) is 0 Å². The second kappa shape index (κ2) is 17.7. The van der Waals surface area contributed by atoms with E-state index < -0.39 is 0 Å². The van der Waals surface area contributed by atoms with E-state index in [1.54, 1.807) is 6.08 Å². The quantitative estimate of drug-likeness (QED) is 0.460. The first-order valence-electron chi connectivity index (χ1n) is 7.47. The molecule has 0 unspecified atom stereocenters. The molecule has 0 atom stereocenters. The minimum Gasteiger partial charge on any atom is -0.330 e. The summed E-state index contributed by atoms with van der Waals surface area (Å²) in [6, 6.07) is 0.286. The van der Waals surface area contributed by atoms with Crippen molar-refractivity contribution in [2.45, 2.75) is 71.3 Å². The Labute approximate surface area is 122 Å². The number of unbranched alkanes of at least 4 members (excludes halogenated alkanes) is 3. The van der Waals surface area contributed by atoms with Crippen LogP contribution in [0, 0.1) is 11.3 Å². The number of carbonyl (C=O) groups excluding carboxylic acids is 2. The lowest BCUT2D eigenvalue weighted by Crippen LogP contribution is -2.14. The Balaban J connectivity index is 0. The van der Waals surface area contributed by atoms with E-state index in [1.165, 1.54) is 38.5 Å². The molecule has 1 rings (SSSR count). The minimum atomic E-state index is 0.286. The molecule has 0 aliphatic heterocycles. The Morgan fingerprint density at radius 2 is 1.70 bits per heavy atom. The first-order valence-corrected chi connectivity index (χ1v) is 7.47. The number of aliphatic imine (C=N–C) groups is 1. The molecular formula is C15H29N3O2. The Bertz CT molecular complexity index is 271. The molecule has 0 saturated heterocycles. The Hall–Kier alpha value is -1.28. The summed E-state index contributed by atoms with van der Waals surface area (Å²) >= 11 is 0. The van der Waals surface area contributed by atoms with Crippen LogP contribution >= 0.6 is 0 Å². The van der Waals surface area contributed by atoms with Crippen LogP contribution in [0.25, 0.3) is 0 Å². The molecule has 116 valence electrons. The molecule has 0 aromatic heterocycles. The Morgan fingerprint density at radius 3 is 2.10 bits per heavy atom. The zero-order chi connectivity index (χ0) is 15.6. The SMILES string of the molecule is CCCCCCN.C[C@H]1CC[C@H](N=C=O)CC1.N=C=O. The average molecular weight is 283 g/mol. The van der Waals surface area contributed by atoms with Gasteiger partial charge in [0.05, 0.1) is 6.04 Å². The van der Waals surface area contributed by atoms with Gasteiger partial charge in [0.25, 0.3) is 0 Å². The summed E-state index contributed by atoms with van der Waals surface area (Å²) in [5, 5.41) is 5.40. The summed E-state index contributed by atoms with van der Waals surface area (Å²) in [5.74, 6) is 0.832. The largest absolute Gasteiger partial charge is 0.330 e. The zero-order valence-corrected chi connectivity index (χ0v) is 12.9. The summed E-state index contributed by atoms with van der Waals surface area (Å²) in [6.07, 6.45) is 12.1. The number of hydrogen-bond donors (Lipinski definition) is 2. The lowest BCUT2D eigenvalue weighted by atomic mass is 9.88. The molecule has 1 saturated carbocycles. The van der Waals surface area contributed by atoms with Crippen molar-refractivity contribution in [2.75, 3.05) is 6.54 Å². The smallest absolute Gasteiger partial charge is 0.235 e. The van der Waals surface area contributed by atoms with Crippen LogP contribution in [-0.4, -0.2) is 24.7 Å². The molecule has 1 aliphatic rings. The Kier molecular flexibility index (Phi) is 18.6. The van der Waals surface area contributed by atoms with Gasteiger partial charge in [-0.25, -0.2) is 20.0 Å². The molecule has 0 bridgehead atoms. The van der Waals surface area contributed by atoms with Crippen LogP contribution in [0.1, 0.15) is 65.2 Å².